The third-order valence-corrected chi connectivity index (χ3v) is 8.66. The maximum absolute atomic E-state index is 13.7. The van der Waals surface area contributed by atoms with Crippen LogP contribution in [0, 0.1) is 0 Å². The first-order chi connectivity index (χ1) is 19.0. The largest absolute Gasteiger partial charge is 0.468 e. The topological polar surface area (TPSA) is 185 Å². The van der Waals surface area contributed by atoms with E-state index in [1.807, 2.05) is 0 Å². The number of methoxy groups -OCH3 is 1. The van der Waals surface area contributed by atoms with E-state index in [2.05, 4.69) is 25.4 Å². The van der Waals surface area contributed by atoms with E-state index in [1.54, 1.807) is 41.8 Å². The molecule has 0 unspecified atom stereocenters. The molecular weight excluding hydrogens is 565 g/mol. The first-order valence-electron chi connectivity index (χ1n) is 12.6. The first-order valence-corrected chi connectivity index (χ1v) is 14.6. The number of benzene rings is 1. The molecule has 0 bridgehead atoms. The van der Waals surface area contributed by atoms with Crippen molar-refractivity contribution in [3.8, 4) is 5.75 Å². The van der Waals surface area contributed by atoms with Gasteiger partial charge in [0.1, 0.15) is 28.9 Å². The van der Waals surface area contributed by atoms with Crippen molar-refractivity contribution in [3.05, 3.63) is 36.7 Å². The number of nitrogens with two attached hydrogens (primary N) is 1. The van der Waals surface area contributed by atoms with Crippen LogP contribution >= 0.6 is 19.3 Å². The molecule has 5 N–H and O–H groups in total. The molecule has 14 nitrogen and oxygen atoms in total. The van der Waals surface area contributed by atoms with E-state index in [9.17, 15) is 14.5 Å². The molecule has 5 rings (SSSR count). The summed E-state index contributed by atoms with van der Waals surface area (Å²) in [5.41, 5.74) is 6.82. The van der Waals surface area contributed by atoms with Crippen molar-refractivity contribution < 1.29 is 33.0 Å². The number of halogens is 1. The fourth-order valence-electron chi connectivity index (χ4n) is 4.33. The molecular formula is C24H31ClN7O7P. The number of aliphatic hydroxyl groups excluding tert-OH is 1. The molecule has 3 heterocycles. The Morgan fingerprint density at radius 1 is 1.35 bits per heavy atom. The van der Waals surface area contributed by atoms with Crippen LogP contribution in [0.4, 0.5) is 11.8 Å². The average molecular weight is 596 g/mol. The third kappa shape index (κ3) is 5.87. The highest BCUT2D eigenvalue weighted by Crippen LogP contribution is 2.48. The average Bonchev–Trinajstić information content (AvgIpc) is 3.59. The summed E-state index contributed by atoms with van der Waals surface area (Å²) in [6, 6.07) is 7.57. The number of nitrogens with one attached hydrogen (secondary N) is 2. The Balaban J connectivity index is 1.37. The van der Waals surface area contributed by atoms with E-state index in [0.29, 0.717) is 23.0 Å². The van der Waals surface area contributed by atoms with Crippen LogP contribution in [0.3, 0.4) is 0 Å². The van der Waals surface area contributed by atoms with E-state index in [4.69, 9.17) is 35.9 Å². The number of imidazole rings is 1. The number of para-hydroxylation sites is 1. The van der Waals surface area contributed by atoms with Gasteiger partial charge in [0.25, 0.3) is 0 Å². The van der Waals surface area contributed by atoms with Gasteiger partial charge in [-0.2, -0.15) is 15.1 Å². The summed E-state index contributed by atoms with van der Waals surface area (Å²) in [6.45, 7) is 2.65. The lowest BCUT2D eigenvalue weighted by molar-refractivity contribution is -0.142. The number of nitrogens with zero attached hydrogens (tertiary/aromatic N) is 4. The number of hydrogen-bond donors (Lipinski definition) is 4. The molecule has 2 fully saturated rings. The summed E-state index contributed by atoms with van der Waals surface area (Å²) in [5, 5.41) is 17.0. The van der Waals surface area contributed by atoms with Gasteiger partial charge in [-0.05, 0) is 38.8 Å². The summed E-state index contributed by atoms with van der Waals surface area (Å²) >= 11 is 6.82. The molecule has 1 saturated carbocycles. The minimum absolute atomic E-state index is 0.0388. The molecule has 1 aliphatic carbocycles. The summed E-state index contributed by atoms with van der Waals surface area (Å²) in [6.07, 6.45) is 0.260. The Labute approximate surface area is 235 Å². The van der Waals surface area contributed by atoms with Crippen LogP contribution in [-0.4, -0.2) is 73.5 Å². The zero-order valence-corrected chi connectivity index (χ0v) is 23.7. The van der Waals surface area contributed by atoms with E-state index < -0.39 is 49.7 Å². The van der Waals surface area contributed by atoms with Crippen LogP contribution < -0.4 is 20.7 Å². The molecule has 0 amide bonds. The second kappa shape index (κ2) is 11.1. The predicted molar refractivity (Wildman–Crippen MR) is 146 cm³/mol. The normalized spacial score (nSPS) is 26.8. The van der Waals surface area contributed by atoms with Crippen molar-refractivity contribution in [1.82, 2.24) is 24.6 Å². The first kappa shape index (κ1) is 28.5. The van der Waals surface area contributed by atoms with Crippen LogP contribution in [0.25, 0.3) is 11.2 Å². The standard InChI is InChI=1S/C24H31ClN7O7P/c1-13(21(34)36-3)31-40(35,39-15-7-5-4-6-8-15)37-11-16-18(33)24(2,25)22(38-16)32-12-27-17-19(28-14-9-10-14)29-23(26)30-20(17)32/h4-8,12-14,16,18,22,33H,9-11H2,1-3H3,(H,31,35)(H3,26,28,29,30)/t13-,16-,18-,22-,24-,40-/m1/s1. The van der Waals surface area contributed by atoms with Gasteiger partial charge in [-0.3, -0.25) is 13.9 Å². The quantitative estimate of drug-likeness (QED) is 0.144. The number of aliphatic hydroxyl groups is 1. The lowest BCUT2D eigenvalue weighted by atomic mass is 10.0. The highest BCUT2D eigenvalue weighted by molar-refractivity contribution is 7.52. The van der Waals surface area contributed by atoms with Crippen molar-refractivity contribution in [2.75, 3.05) is 24.8 Å². The lowest BCUT2D eigenvalue weighted by Gasteiger charge is -2.26. The summed E-state index contributed by atoms with van der Waals surface area (Å²) in [4.78, 5) is 23.7. The van der Waals surface area contributed by atoms with Gasteiger partial charge in [-0.1, -0.05) is 18.2 Å². The van der Waals surface area contributed by atoms with Crippen molar-refractivity contribution in [1.29, 1.82) is 0 Å². The Hall–Kier alpha value is -3.00. The summed E-state index contributed by atoms with van der Waals surface area (Å²) in [7, 11) is -2.97. The summed E-state index contributed by atoms with van der Waals surface area (Å²) < 4.78 is 37.4. The zero-order valence-electron chi connectivity index (χ0n) is 22.1. The van der Waals surface area contributed by atoms with Crippen molar-refractivity contribution >= 4 is 48.2 Å². The Kier molecular flexibility index (Phi) is 7.92. The smallest absolute Gasteiger partial charge is 0.459 e. The van der Waals surface area contributed by atoms with Gasteiger partial charge >= 0.3 is 13.7 Å². The van der Waals surface area contributed by atoms with Gasteiger partial charge in [0.05, 0.1) is 20.0 Å². The second-order valence-corrected chi connectivity index (χ2v) is 12.4. The van der Waals surface area contributed by atoms with Crippen molar-refractivity contribution in [2.24, 2.45) is 0 Å². The van der Waals surface area contributed by atoms with Crippen LogP contribution in [0.2, 0.25) is 0 Å². The fourth-order valence-corrected chi connectivity index (χ4v) is 6.12. The van der Waals surface area contributed by atoms with Gasteiger partial charge in [-0.25, -0.2) is 9.55 Å². The highest BCUT2D eigenvalue weighted by Gasteiger charge is 2.54. The number of rotatable bonds is 11. The molecule has 2 aromatic heterocycles. The van der Waals surface area contributed by atoms with E-state index in [-0.39, 0.29) is 11.7 Å². The number of hydrogen-bond acceptors (Lipinski definition) is 12. The lowest BCUT2D eigenvalue weighted by Crippen LogP contribution is -2.40. The van der Waals surface area contributed by atoms with Crippen LogP contribution in [0.1, 0.15) is 32.9 Å². The van der Waals surface area contributed by atoms with Crippen LogP contribution in [-0.2, 0) is 23.4 Å². The fraction of sp³-hybridized carbons (Fsp3) is 0.500. The van der Waals surface area contributed by atoms with Crippen LogP contribution in [0.5, 0.6) is 5.75 Å². The number of fused-ring (bicyclic) bond motifs is 1. The molecule has 1 aromatic carbocycles. The van der Waals surface area contributed by atoms with Gasteiger partial charge in [0.2, 0.25) is 5.95 Å². The van der Waals surface area contributed by atoms with Gasteiger partial charge in [0.15, 0.2) is 23.2 Å². The maximum atomic E-state index is 13.7. The number of ether oxygens (including phenoxy) is 2. The number of nitrogen functional groups attached to an aromatic ring is 1. The molecule has 16 heteroatoms. The number of alkyl halides is 1. The van der Waals surface area contributed by atoms with Gasteiger partial charge < -0.3 is 30.2 Å². The number of aromatic nitrogens is 4. The van der Waals surface area contributed by atoms with Gasteiger partial charge in [-0.15, -0.1) is 11.6 Å². The number of esters is 1. The maximum Gasteiger partial charge on any atom is 0.459 e. The molecule has 0 radical (unpaired) electrons. The van der Waals surface area contributed by atoms with Crippen molar-refractivity contribution in [2.45, 2.75) is 62.1 Å². The number of carbonyl (C=O) groups is 1. The molecule has 0 spiro atoms. The Bertz CT molecular complexity index is 1420. The minimum atomic E-state index is -4.17. The predicted octanol–water partition coefficient (Wildman–Crippen LogP) is 2.59. The molecule has 216 valence electrons. The second-order valence-electron chi connectivity index (χ2n) is 9.87. The van der Waals surface area contributed by atoms with E-state index in [0.717, 1.165) is 12.8 Å². The molecule has 1 saturated heterocycles. The number of carbonyl (C=O) groups excluding carboxylic acids is 1. The van der Waals surface area contributed by atoms with E-state index in [1.165, 1.54) is 20.4 Å². The molecule has 3 aromatic rings. The molecule has 40 heavy (non-hydrogen) atoms. The van der Waals surface area contributed by atoms with Gasteiger partial charge in [0, 0.05) is 6.04 Å². The Morgan fingerprint density at radius 3 is 2.75 bits per heavy atom. The monoisotopic (exact) mass is 595 g/mol. The zero-order chi connectivity index (χ0) is 28.7. The van der Waals surface area contributed by atoms with Crippen LogP contribution in [0.15, 0.2) is 36.7 Å². The highest BCUT2D eigenvalue weighted by atomic mass is 35.5. The molecule has 6 atom stereocenters. The minimum Gasteiger partial charge on any atom is -0.468 e. The van der Waals surface area contributed by atoms with E-state index >= 15 is 0 Å². The number of anilines is 2. The molecule has 1 aliphatic heterocycles. The van der Waals surface area contributed by atoms with Crippen molar-refractivity contribution in [3.63, 3.8) is 0 Å². The summed E-state index contributed by atoms with van der Waals surface area (Å²) in [5.74, 6) is 0.108. The Morgan fingerprint density at radius 2 is 2.08 bits per heavy atom. The SMILES string of the molecule is COC(=O)[C@@H](C)N[P@@](=O)(OC[C@H]1O[C@@H](n2cnc3c(NC4CC4)nc(N)nc32)[C@](C)(Cl)[C@@H]1O)Oc1ccccc1. The molecule has 2 aliphatic rings. The third-order valence-electron chi connectivity index (χ3n) is 6.61.